The van der Waals surface area contributed by atoms with Crippen molar-refractivity contribution in [1.82, 2.24) is 5.32 Å². The SMILES string of the molecule is COc1ccc(CCO[C@H]2CCCC[C@@H]2NC[C@H](O)COc2ccc(CC(N)=O)cc2)cc1OC. The Kier molecular flexibility index (Phi) is 10.7. The van der Waals surface area contributed by atoms with Crippen LogP contribution in [0.1, 0.15) is 36.8 Å². The van der Waals surface area contributed by atoms with Crippen LogP contribution in [0.2, 0.25) is 0 Å². The first kappa shape index (κ1) is 26.8. The number of hydrogen-bond donors (Lipinski definition) is 3. The van der Waals surface area contributed by atoms with Crippen molar-refractivity contribution in [2.24, 2.45) is 5.73 Å². The summed E-state index contributed by atoms with van der Waals surface area (Å²) >= 11 is 0. The van der Waals surface area contributed by atoms with Gasteiger partial charge in [-0.15, -0.1) is 0 Å². The van der Waals surface area contributed by atoms with Crippen LogP contribution in [0.3, 0.4) is 0 Å². The topological polar surface area (TPSA) is 112 Å². The second-order valence-electron chi connectivity index (χ2n) is 8.90. The van der Waals surface area contributed by atoms with Gasteiger partial charge in [-0.2, -0.15) is 0 Å². The van der Waals surface area contributed by atoms with E-state index >= 15 is 0 Å². The molecule has 3 rings (SSSR count). The normalized spacial score (nSPS) is 18.6. The number of amides is 1. The molecule has 2 aromatic rings. The third-order valence-electron chi connectivity index (χ3n) is 6.23. The van der Waals surface area contributed by atoms with E-state index in [2.05, 4.69) is 5.32 Å². The molecule has 0 unspecified atom stereocenters. The summed E-state index contributed by atoms with van der Waals surface area (Å²) in [6.45, 7) is 1.23. The van der Waals surface area contributed by atoms with Gasteiger partial charge in [0.2, 0.25) is 5.91 Å². The van der Waals surface area contributed by atoms with E-state index in [9.17, 15) is 9.90 Å². The van der Waals surface area contributed by atoms with Crippen molar-refractivity contribution in [3.05, 3.63) is 53.6 Å². The molecule has 0 aliphatic heterocycles. The van der Waals surface area contributed by atoms with E-state index in [-0.39, 0.29) is 31.1 Å². The van der Waals surface area contributed by atoms with Crippen LogP contribution in [-0.2, 0) is 22.4 Å². The summed E-state index contributed by atoms with van der Waals surface area (Å²) in [5.74, 6) is 1.72. The summed E-state index contributed by atoms with van der Waals surface area (Å²) in [6.07, 6.45) is 4.80. The monoisotopic (exact) mass is 486 g/mol. The lowest BCUT2D eigenvalue weighted by Gasteiger charge is -2.33. The molecule has 1 aliphatic rings. The van der Waals surface area contributed by atoms with Crippen molar-refractivity contribution < 1.29 is 28.8 Å². The number of ether oxygens (including phenoxy) is 4. The second kappa shape index (κ2) is 13.9. The number of methoxy groups -OCH3 is 2. The Labute approximate surface area is 207 Å². The fourth-order valence-corrected chi connectivity index (χ4v) is 4.34. The summed E-state index contributed by atoms with van der Waals surface area (Å²) in [4.78, 5) is 11.0. The Bertz CT molecular complexity index is 920. The molecule has 3 atom stereocenters. The highest BCUT2D eigenvalue weighted by atomic mass is 16.5. The molecule has 0 bridgehead atoms. The van der Waals surface area contributed by atoms with Crippen LogP contribution in [0.5, 0.6) is 17.2 Å². The number of benzene rings is 2. The number of carbonyl (C=O) groups excluding carboxylic acids is 1. The molecule has 0 radical (unpaired) electrons. The molecule has 0 saturated heterocycles. The summed E-state index contributed by atoms with van der Waals surface area (Å²) in [5.41, 5.74) is 7.18. The average molecular weight is 487 g/mol. The van der Waals surface area contributed by atoms with Crippen LogP contribution >= 0.6 is 0 Å². The lowest BCUT2D eigenvalue weighted by atomic mass is 9.92. The summed E-state index contributed by atoms with van der Waals surface area (Å²) < 4.78 is 22.6. The van der Waals surface area contributed by atoms with E-state index in [0.717, 1.165) is 54.7 Å². The maximum absolute atomic E-state index is 11.0. The first-order chi connectivity index (χ1) is 17.0. The van der Waals surface area contributed by atoms with Gasteiger partial charge in [-0.25, -0.2) is 0 Å². The van der Waals surface area contributed by atoms with Crippen LogP contribution in [0.25, 0.3) is 0 Å². The van der Waals surface area contributed by atoms with Crippen LogP contribution in [-0.4, -0.2) is 63.2 Å². The van der Waals surface area contributed by atoms with Gasteiger partial charge in [0.15, 0.2) is 11.5 Å². The molecule has 2 aromatic carbocycles. The van der Waals surface area contributed by atoms with E-state index in [4.69, 9.17) is 24.7 Å². The smallest absolute Gasteiger partial charge is 0.221 e. The summed E-state index contributed by atoms with van der Waals surface area (Å²) in [7, 11) is 3.27. The lowest BCUT2D eigenvalue weighted by Crippen LogP contribution is -2.47. The maximum Gasteiger partial charge on any atom is 0.221 e. The van der Waals surface area contributed by atoms with Crippen LogP contribution in [0, 0.1) is 0 Å². The van der Waals surface area contributed by atoms with Crippen LogP contribution in [0.4, 0.5) is 0 Å². The molecule has 0 aromatic heterocycles. The predicted molar refractivity (Wildman–Crippen MR) is 134 cm³/mol. The Morgan fingerprint density at radius 1 is 1.06 bits per heavy atom. The van der Waals surface area contributed by atoms with Crippen molar-refractivity contribution in [2.75, 3.05) is 34.0 Å². The largest absolute Gasteiger partial charge is 0.493 e. The molecule has 0 spiro atoms. The van der Waals surface area contributed by atoms with Gasteiger partial charge in [-0.3, -0.25) is 4.79 Å². The van der Waals surface area contributed by atoms with Gasteiger partial charge >= 0.3 is 0 Å². The summed E-state index contributed by atoms with van der Waals surface area (Å²) in [5, 5.41) is 13.9. The lowest BCUT2D eigenvalue weighted by molar-refractivity contribution is -0.117. The van der Waals surface area contributed by atoms with E-state index in [1.165, 1.54) is 0 Å². The number of nitrogens with one attached hydrogen (secondary N) is 1. The van der Waals surface area contributed by atoms with E-state index < -0.39 is 6.10 Å². The molecule has 1 saturated carbocycles. The fraction of sp³-hybridized carbons (Fsp3) is 0.519. The Morgan fingerprint density at radius 3 is 2.49 bits per heavy atom. The molecule has 1 amide bonds. The highest BCUT2D eigenvalue weighted by molar-refractivity contribution is 5.76. The minimum absolute atomic E-state index is 0.120. The van der Waals surface area contributed by atoms with Gasteiger partial charge < -0.3 is 35.1 Å². The van der Waals surface area contributed by atoms with Gasteiger partial charge in [0, 0.05) is 12.6 Å². The first-order valence-electron chi connectivity index (χ1n) is 12.2. The van der Waals surface area contributed by atoms with Crippen LogP contribution < -0.4 is 25.3 Å². The maximum atomic E-state index is 11.0. The average Bonchev–Trinajstić information content (AvgIpc) is 2.87. The molecule has 8 heteroatoms. The van der Waals surface area contributed by atoms with Crippen molar-refractivity contribution in [1.29, 1.82) is 0 Å². The number of hydrogen-bond acceptors (Lipinski definition) is 7. The predicted octanol–water partition coefficient (Wildman–Crippen LogP) is 2.63. The van der Waals surface area contributed by atoms with E-state index in [0.29, 0.717) is 18.9 Å². The van der Waals surface area contributed by atoms with Crippen molar-refractivity contribution in [2.45, 2.75) is 56.8 Å². The zero-order valence-electron chi connectivity index (χ0n) is 20.7. The number of carbonyl (C=O) groups is 1. The minimum Gasteiger partial charge on any atom is -0.493 e. The standard InChI is InChI=1S/C27H38N2O6/c1-32-25-12-9-20(15-26(25)33-2)13-14-34-24-6-4-3-5-23(24)29-17-21(30)18-35-22-10-7-19(8-11-22)16-27(28)31/h7-12,15,21,23-24,29-30H,3-6,13-14,16-18H2,1-2H3,(H2,28,31)/t21-,23-,24-/m0/s1. The second-order valence-corrected chi connectivity index (χ2v) is 8.90. The molecule has 4 N–H and O–H groups in total. The van der Waals surface area contributed by atoms with Gasteiger partial charge in [0.1, 0.15) is 18.5 Å². The quantitative estimate of drug-likeness (QED) is 0.376. The molecular weight excluding hydrogens is 448 g/mol. The molecule has 35 heavy (non-hydrogen) atoms. The Hall–Kier alpha value is -2.81. The highest BCUT2D eigenvalue weighted by Gasteiger charge is 2.26. The Morgan fingerprint density at radius 2 is 1.77 bits per heavy atom. The van der Waals surface area contributed by atoms with Crippen molar-refractivity contribution in [3.63, 3.8) is 0 Å². The van der Waals surface area contributed by atoms with Crippen LogP contribution in [0.15, 0.2) is 42.5 Å². The third-order valence-corrected chi connectivity index (χ3v) is 6.23. The zero-order valence-corrected chi connectivity index (χ0v) is 20.7. The molecular formula is C27H38N2O6. The summed E-state index contributed by atoms with van der Waals surface area (Å²) in [6, 6.07) is 13.3. The van der Waals surface area contributed by atoms with Crippen molar-refractivity contribution >= 4 is 5.91 Å². The number of aliphatic hydroxyl groups excluding tert-OH is 1. The van der Waals surface area contributed by atoms with E-state index in [1.54, 1.807) is 38.5 Å². The van der Waals surface area contributed by atoms with Gasteiger partial charge in [-0.05, 0) is 54.7 Å². The minimum atomic E-state index is -0.644. The molecule has 1 fully saturated rings. The van der Waals surface area contributed by atoms with Gasteiger partial charge in [-0.1, -0.05) is 31.0 Å². The fourth-order valence-electron chi connectivity index (χ4n) is 4.34. The van der Waals surface area contributed by atoms with E-state index in [1.807, 2.05) is 18.2 Å². The highest BCUT2D eigenvalue weighted by Crippen LogP contribution is 2.28. The van der Waals surface area contributed by atoms with Gasteiger partial charge in [0.05, 0.1) is 33.4 Å². The number of aliphatic hydroxyl groups is 1. The van der Waals surface area contributed by atoms with Gasteiger partial charge in [0.25, 0.3) is 0 Å². The molecule has 0 heterocycles. The third kappa shape index (κ3) is 8.72. The molecule has 192 valence electrons. The molecule has 8 nitrogen and oxygen atoms in total. The first-order valence-corrected chi connectivity index (χ1v) is 12.2. The zero-order chi connectivity index (χ0) is 25.0. The number of rotatable bonds is 14. The molecule has 1 aliphatic carbocycles. The number of primary amides is 1. The van der Waals surface area contributed by atoms with Crippen molar-refractivity contribution in [3.8, 4) is 17.2 Å². The number of nitrogens with two attached hydrogens (primary N) is 1. The Balaban J connectivity index is 1.40.